The Kier molecular flexibility index (Phi) is 7.17. The number of nitrogens with two attached hydrogens (primary N) is 1. The summed E-state index contributed by atoms with van der Waals surface area (Å²) in [5.41, 5.74) is 7.98. The summed E-state index contributed by atoms with van der Waals surface area (Å²) in [7, 11) is -3.34. The summed E-state index contributed by atoms with van der Waals surface area (Å²) >= 11 is 0. The van der Waals surface area contributed by atoms with Crippen LogP contribution in [0.15, 0.2) is 54.6 Å². The standard InChI is InChI=1S/C19H25N3O3S/c1-2-3-13-26(24,25)22-17-11-9-16(10-12-17)21-19(23)18(20)14-15-7-5-4-6-8-15/h4-12,18,22H,2-3,13-14,20H2,1H3,(H,21,23)/t18-/m0/s1. The Morgan fingerprint density at radius 3 is 2.27 bits per heavy atom. The molecule has 0 spiro atoms. The molecule has 0 saturated heterocycles. The predicted molar refractivity (Wildman–Crippen MR) is 106 cm³/mol. The Morgan fingerprint density at radius 1 is 1.04 bits per heavy atom. The van der Waals surface area contributed by atoms with Crippen LogP contribution in [-0.2, 0) is 21.2 Å². The van der Waals surface area contributed by atoms with Gasteiger partial charge in [0.25, 0.3) is 0 Å². The van der Waals surface area contributed by atoms with Gasteiger partial charge in [-0.1, -0.05) is 43.7 Å². The molecule has 7 heteroatoms. The number of carbonyl (C=O) groups excluding carboxylic acids is 1. The van der Waals surface area contributed by atoms with E-state index in [1.165, 1.54) is 0 Å². The van der Waals surface area contributed by atoms with Gasteiger partial charge in [0.1, 0.15) is 0 Å². The lowest BCUT2D eigenvalue weighted by molar-refractivity contribution is -0.117. The molecule has 0 bridgehead atoms. The maximum absolute atomic E-state index is 12.2. The van der Waals surface area contributed by atoms with Crippen molar-refractivity contribution in [2.75, 3.05) is 15.8 Å². The van der Waals surface area contributed by atoms with Crippen molar-refractivity contribution < 1.29 is 13.2 Å². The first kappa shape index (κ1) is 19.9. The van der Waals surface area contributed by atoms with Gasteiger partial charge in [0, 0.05) is 11.4 Å². The first-order chi connectivity index (χ1) is 12.4. The molecular weight excluding hydrogens is 350 g/mol. The minimum atomic E-state index is -3.34. The van der Waals surface area contributed by atoms with Crippen LogP contribution in [0.2, 0.25) is 0 Å². The second-order valence-electron chi connectivity index (χ2n) is 6.14. The van der Waals surface area contributed by atoms with Crippen molar-refractivity contribution in [3.63, 3.8) is 0 Å². The van der Waals surface area contributed by atoms with Gasteiger partial charge in [-0.15, -0.1) is 0 Å². The zero-order valence-electron chi connectivity index (χ0n) is 14.8. The quantitative estimate of drug-likeness (QED) is 0.627. The third-order valence-corrected chi connectivity index (χ3v) is 5.20. The molecular formula is C19H25N3O3S. The van der Waals surface area contributed by atoms with Crippen LogP contribution in [0, 0.1) is 0 Å². The lowest BCUT2D eigenvalue weighted by Crippen LogP contribution is -2.37. The van der Waals surface area contributed by atoms with E-state index in [0.29, 0.717) is 24.2 Å². The highest BCUT2D eigenvalue weighted by molar-refractivity contribution is 7.92. The Labute approximate surface area is 154 Å². The van der Waals surface area contributed by atoms with E-state index >= 15 is 0 Å². The van der Waals surface area contributed by atoms with Crippen molar-refractivity contribution in [1.82, 2.24) is 0 Å². The predicted octanol–water partition coefficient (Wildman–Crippen LogP) is 2.74. The molecule has 0 aromatic heterocycles. The van der Waals surface area contributed by atoms with Crippen LogP contribution in [0.4, 0.5) is 11.4 Å². The van der Waals surface area contributed by atoms with E-state index in [-0.39, 0.29) is 11.7 Å². The fourth-order valence-corrected chi connectivity index (χ4v) is 3.65. The zero-order valence-corrected chi connectivity index (χ0v) is 15.6. The molecule has 2 rings (SSSR count). The number of benzene rings is 2. The number of rotatable bonds is 9. The van der Waals surface area contributed by atoms with Crippen molar-refractivity contribution in [2.24, 2.45) is 5.73 Å². The van der Waals surface area contributed by atoms with Gasteiger partial charge < -0.3 is 11.1 Å². The number of amides is 1. The summed E-state index contributed by atoms with van der Waals surface area (Å²) in [6.07, 6.45) is 1.87. The summed E-state index contributed by atoms with van der Waals surface area (Å²) < 4.78 is 26.3. The molecule has 26 heavy (non-hydrogen) atoms. The number of carbonyl (C=O) groups is 1. The number of hydrogen-bond acceptors (Lipinski definition) is 4. The summed E-state index contributed by atoms with van der Waals surface area (Å²) in [6, 6.07) is 15.4. The average Bonchev–Trinajstić information content (AvgIpc) is 2.62. The highest BCUT2D eigenvalue weighted by Crippen LogP contribution is 2.16. The minimum Gasteiger partial charge on any atom is -0.325 e. The molecule has 0 aliphatic rings. The third-order valence-electron chi connectivity index (χ3n) is 3.83. The summed E-state index contributed by atoms with van der Waals surface area (Å²) in [4.78, 5) is 12.2. The average molecular weight is 375 g/mol. The van der Waals surface area contributed by atoms with Gasteiger partial charge in [-0.05, 0) is 42.7 Å². The molecule has 1 atom stereocenters. The van der Waals surface area contributed by atoms with E-state index in [1.807, 2.05) is 37.3 Å². The van der Waals surface area contributed by atoms with Crippen molar-refractivity contribution in [3.8, 4) is 0 Å². The Hall–Kier alpha value is -2.38. The molecule has 6 nitrogen and oxygen atoms in total. The first-order valence-corrected chi connectivity index (χ1v) is 10.3. The molecule has 140 valence electrons. The number of nitrogens with one attached hydrogen (secondary N) is 2. The van der Waals surface area contributed by atoms with Crippen molar-refractivity contribution in [3.05, 3.63) is 60.2 Å². The van der Waals surface area contributed by atoms with Gasteiger partial charge in [0.05, 0.1) is 11.8 Å². The third kappa shape index (κ3) is 6.50. The summed E-state index contributed by atoms with van der Waals surface area (Å²) in [5, 5.41) is 2.75. The van der Waals surface area contributed by atoms with E-state index in [2.05, 4.69) is 10.0 Å². The van der Waals surface area contributed by atoms with Gasteiger partial charge in [0.15, 0.2) is 0 Å². The topological polar surface area (TPSA) is 101 Å². The van der Waals surface area contributed by atoms with Crippen LogP contribution >= 0.6 is 0 Å². The molecule has 0 saturated carbocycles. The van der Waals surface area contributed by atoms with Crippen molar-refractivity contribution in [1.29, 1.82) is 0 Å². The van der Waals surface area contributed by atoms with Crippen molar-refractivity contribution >= 4 is 27.3 Å². The van der Waals surface area contributed by atoms with E-state index in [4.69, 9.17) is 5.73 Å². The van der Waals surface area contributed by atoms with Crippen molar-refractivity contribution in [2.45, 2.75) is 32.2 Å². The normalized spacial score (nSPS) is 12.4. The highest BCUT2D eigenvalue weighted by Gasteiger charge is 2.14. The van der Waals surface area contributed by atoms with Crippen LogP contribution in [0.1, 0.15) is 25.3 Å². The Morgan fingerprint density at radius 2 is 1.65 bits per heavy atom. The summed E-state index contributed by atoms with van der Waals surface area (Å²) in [6.45, 7) is 1.94. The first-order valence-electron chi connectivity index (χ1n) is 8.60. The number of sulfonamides is 1. The van der Waals surface area contributed by atoms with Gasteiger partial charge in [-0.2, -0.15) is 0 Å². The fourth-order valence-electron chi connectivity index (χ4n) is 2.38. The van der Waals surface area contributed by atoms with Crippen LogP contribution < -0.4 is 15.8 Å². The Balaban J connectivity index is 1.91. The molecule has 0 fully saturated rings. The number of hydrogen-bond donors (Lipinski definition) is 3. The van der Waals surface area contributed by atoms with Crippen LogP contribution in [0.3, 0.4) is 0 Å². The lowest BCUT2D eigenvalue weighted by Gasteiger charge is -2.13. The van der Waals surface area contributed by atoms with Gasteiger partial charge in [0.2, 0.25) is 15.9 Å². The number of unbranched alkanes of at least 4 members (excludes halogenated alkanes) is 1. The van der Waals surface area contributed by atoms with E-state index < -0.39 is 16.1 Å². The molecule has 0 aliphatic carbocycles. The van der Waals surface area contributed by atoms with Gasteiger partial charge >= 0.3 is 0 Å². The van der Waals surface area contributed by atoms with Crippen LogP contribution in [-0.4, -0.2) is 26.1 Å². The molecule has 4 N–H and O–H groups in total. The van der Waals surface area contributed by atoms with E-state index in [9.17, 15) is 13.2 Å². The van der Waals surface area contributed by atoms with Crippen LogP contribution in [0.5, 0.6) is 0 Å². The molecule has 2 aromatic carbocycles. The largest absolute Gasteiger partial charge is 0.325 e. The second kappa shape index (κ2) is 9.35. The van der Waals surface area contributed by atoms with E-state index in [1.54, 1.807) is 24.3 Å². The van der Waals surface area contributed by atoms with Gasteiger partial charge in [-0.3, -0.25) is 9.52 Å². The summed E-state index contributed by atoms with van der Waals surface area (Å²) in [5.74, 6) is -0.193. The minimum absolute atomic E-state index is 0.0936. The maximum atomic E-state index is 12.2. The molecule has 0 unspecified atom stereocenters. The molecule has 0 heterocycles. The van der Waals surface area contributed by atoms with E-state index in [0.717, 1.165) is 12.0 Å². The van der Waals surface area contributed by atoms with Crippen LogP contribution in [0.25, 0.3) is 0 Å². The monoisotopic (exact) mass is 375 g/mol. The fraction of sp³-hybridized carbons (Fsp3) is 0.316. The molecule has 1 amide bonds. The smallest absolute Gasteiger partial charge is 0.241 e. The second-order valence-corrected chi connectivity index (χ2v) is 7.98. The number of anilines is 2. The molecule has 2 aromatic rings. The maximum Gasteiger partial charge on any atom is 0.241 e. The SMILES string of the molecule is CCCCS(=O)(=O)Nc1ccc(NC(=O)[C@@H](N)Cc2ccccc2)cc1. The van der Waals surface area contributed by atoms with Gasteiger partial charge in [-0.25, -0.2) is 8.42 Å². The highest BCUT2D eigenvalue weighted by atomic mass is 32.2. The molecule has 0 radical (unpaired) electrons. The lowest BCUT2D eigenvalue weighted by atomic mass is 10.1. The Bertz CT molecular complexity index is 806. The molecule has 0 aliphatic heterocycles. The zero-order chi connectivity index (χ0) is 19.0.